The van der Waals surface area contributed by atoms with Crippen LogP contribution in [0.4, 0.5) is 0 Å². The van der Waals surface area contributed by atoms with Crippen LogP contribution < -0.4 is 0 Å². The molecule has 4 atom stereocenters. The molecule has 1 rings (SSSR count). The Morgan fingerprint density at radius 1 is 1.43 bits per heavy atom. The molecule has 1 aliphatic rings. The van der Waals surface area contributed by atoms with Crippen molar-refractivity contribution in [3.8, 4) is 0 Å². The lowest BCUT2D eigenvalue weighted by Gasteiger charge is -2.23. The van der Waals surface area contributed by atoms with E-state index in [1.807, 2.05) is 0 Å². The fraction of sp³-hybridized carbons (Fsp3) is 0.667. The van der Waals surface area contributed by atoms with Crippen molar-refractivity contribution >= 4 is 5.97 Å². The molecule has 0 saturated heterocycles. The number of cyclic esters (lactones) is 1. The van der Waals surface area contributed by atoms with E-state index in [4.69, 9.17) is 9.84 Å². The molecule has 80 valence electrons. The number of carbonyl (C=O) groups is 1. The molecule has 0 saturated carbocycles. The highest BCUT2D eigenvalue weighted by atomic mass is 16.6. The average molecular weight is 202 g/mol. The molecular formula is C9H14O5. The van der Waals surface area contributed by atoms with Crippen LogP contribution in [0.3, 0.4) is 0 Å². The van der Waals surface area contributed by atoms with Crippen LogP contribution >= 0.6 is 0 Å². The van der Waals surface area contributed by atoms with Gasteiger partial charge in [0.25, 0.3) is 0 Å². The molecule has 0 aromatic heterocycles. The number of hydrogen-bond donors (Lipinski definition) is 3. The van der Waals surface area contributed by atoms with Crippen molar-refractivity contribution in [2.75, 3.05) is 0 Å². The van der Waals surface area contributed by atoms with E-state index in [0.29, 0.717) is 5.57 Å². The Labute approximate surface area is 81.6 Å². The molecule has 0 spiro atoms. The van der Waals surface area contributed by atoms with E-state index >= 15 is 0 Å². The molecule has 0 aromatic carbocycles. The molecule has 0 bridgehead atoms. The fourth-order valence-electron chi connectivity index (χ4n) is 1.21. The molecule has 1 heterocycles. The van der Waals surface area contributed by atoms with Crippen LogP contribution in [0, 0.1) is 0 Å². The Balaban J connectivity index is 2.64. The fourth-order valence-corrected chi connectivity index (χ4v) is 1.21. The van der Waals surface area contributed by atoms with Gasteiger partial charge in [-0.2, -0.15) is 0 Å². The van der Waals surface area contributed by atoms with Crippen LogP contribution in [-0.2, 0) is 9.53 Å². The molecular weight excluding hydrogens is 188 g/mol. The predicted molar refractivity (Wildman–Crippen MR) is 47.3 cm³/mol. The minimum atomic E-state index is -1.32. The number of esters is 1. The largest absolute Gasteiger partial charge is 0.452 e. The molecule has 3 N–H and O–H groups in total. The molecule has 5 heteroatoms. The summed E-state index contributed by atoms with van der Waals surface area (Å²) in [4.78, 5) is 10.9. The monoisotopic (exact) mass is 202 g/mol. The first kappa shape index (κ1) is 11.2. The van der Waals surface area contributed by atoms with E-state index in [2.05, 4.69) is 0 Å². The summed E-state index contributed by atoms with van der Waals surface area (Å²) in [6, 6.07) is 0. The van der Waals surface area contributed by atoms with Gasteiger partial charge in [-0.3, -0.25) is 0 Å². The second-order valence-electron chi connectivity index (χ2n) is 3.44. The number of ether oxygens (including phenoxy) is 1. The summed E-state index contributed by atoms with van der Waals surface area (Å²) >= 11 is 0. The lowest BCUT2D eigenvalue weighted by molar-refractivity contribution is -0.150. The van der Waals surface area contributed by atoms with Crippen LogP contribution in [0.5, 0.6) is 0 Å². The van der Waals surface area contributed by atoms with E-state index in [9.17, 15) is 15.0 Å². The quantitative estimate of drug-likeness (QED) is 0.509. The summed E-state index contributed by atoms with van der Waals surface area (Å²) in [6.45, 7) is 2.91. The van der Waals surface area contributed by atoms with Crippen molar-refractivity contribution in [2.24, 2.45) is 0 Å². The Morgan fingerprint density at radius 2 is 2.00 bits per heavy atom. The zero-order valence-electron chi connectivity index (χ0n) is 8.04. The highest BCUT2D eigenvalue weighted by Crippen LogP contribution is 2.18. The van der Waals surface area contributed by atoms with E-state index in [0.717, 1.165) is 0 Å². The number of aliphatic hydroxyl groups is 3. The van der Waals surface area contributed by atoms with Crippen LogP contribution in [0.1, 0.15) is 13.8 Å². The predicted octanol–water partition coefficient (Wildman–Crippen LogP) is -1.04. The van der Waals surface area contributed by atoms with Crippen molar-refractivity contribution in [3.05, 3.63) is 11.6 Å². The standard InChI is InChI=1S/C9H14O5/c1-4-3-6(14-9(4)13)8(12)7(11)5(2)10/h3,5-8,10-12H,1-2H3. The minimum absolute atomic E-state index is 0.395. The summed E-state index contributed by atoms with van der Waals surface area (Å²) in [5.74, 6) is -0.508. The molecule has 14 heavy (non-hydrogen) atoms. The number of rotatable bonds is 3. The van der Waals surface area contributed by atoms with Gasteiger partial charge < -0.3 is 20.1 Å². The van der Waals surface area contributed by atoms with Crippen LogP contribution in [0.2, 0.25) is 0 Å². The Hall–Kier alpha value is -0.910. The first-order valence-electron chi connectivity index (χ1n) is 4.37. The van der Waals surface area contributed by atoms with E-state index in [-0.39, 0.29) is 0 Å². The van der Waals surface area contributed by atoms with E-state index in [1.54, 1.807) is 6.92 Å². The van der Waals surface area contributed by atoms with Crippen LogP contribution in [-0.4, -0.2) is 45.7 Å². The van der Waals surface area contributed by atoms with E-state index < -0.39 is 30.4 Å². The van der Waals surface area contributed by atoms with Crippen molar-refractivity contribution in [1.82, 2.24) is 0 Å². The van der Waals surface area contributed by atoms with Gasteiger partial charge in [0.15, 0.2) is 0 Å². The van der Waals surface area contributed by atoms with Gasteiger partial charge in [-0.15, -0.1) is 0 Å². The van der Waals surface area contributed by atoms with Gasteiger partial charge in [0.2, 0.25) is 0 Å². The molecule has 4 unspecified atom stereocenters. The maximum Gasteiger partial charge on any atom is 0.334 e. The topological polar surface area (TPSA) is 87.0 Å². The van der Waals surface area contributed by atoms with Gasteiger partial charge in [-0.1, -0.05) is 0 Å². The summed E-state index contributed by atoms with van der Waals surface area (Å²) < 4.78 is 4.75. The SMILES string of the molecule is CC1=CC(C(O)C(O)C(C)O)OC1=O. The first-order valence-corrected chi connectivity index (χ1v) is 4.37. The van der Waals surface area contributed by atoms with Gasteiger partial charge in [-0.25, -0.2) is 4.79 Å². The molecule has 0 aromatic rings. The van der Waals surface area contributed by atoms with Gasteiger partial charge in [0.1, 0.15) is 18.3 Å². The average Bonchev–Trinajstić information content (AvgIpc) is 2.44. The van der Waals surface area contributed by atoms with Crippen molar-refractivity contribution in [1.29, 1.82) is 0 Å². The minimum Gasteiger partial charge on any atom is -0.452 e. The van der Waals surface area contributed by atoms with E-state index in [1.165, 1.54) is 13.0 Å². The summed E-state index contributed by atoms with van der Waals surface area (Å²) in [6.07, 6.45) is -3.13. The first-order chi connectivity index (χ1) is 6.43. The molecule has 1 aliphatic heterocycles. The van der Waals surface area contributed by atoms with Gasteiger partial charge >= 0.3 is 5.97 Å². The lowest BCUT2D eigenvalue weighted by atomic mass is 10.0. The van der Waals surface area contributed by atoms with Crippen LogP contribution in [0.15, 0.2) is 11.6 Å². The molecule has 0 fully saturated rings. The summed E-state index contributed by atoms with van der Waals surface area (Å²) in [7, 11) is 0. The normalized spacial score (nSPS) is 27.9. The van der Waals surface area contributed by atoms with Crippen molar-refractivity contribution in [3.63, 3.8) is 0 Å². The summed E-state index contributed by atoms with van der Waals surface area (Å²) in [5, 5.41) is 27.8. The Morgan fingerprint density at radius 3 is 2.36 bits per heavy atom. The van der Waals surface area contributed by atoms with Crippen molar-refractivity contribution < 1.29 is 24.9 Å². The zero-order valence-corrected chi connectivity index (χ0v) is 8.04. The molecule has 0 radical (unpaired) electrons. The zero-order chi connectivity index (χ0) is 10.9. The summed E-state index contributed by atoms with van der Waals surface area (Å²) in [5.41, 5.74) is 0.395. The maximum absolute atomic E-state index is 10.9. The number of aliphatic hydroxyl groups excluding tert-OH is 3. The molecule has 5 nitrogen and oxygen atoms in total. The second kappa shape index (κ2) is 4.08. The third-order valence-electron chi connectivity index (χ3n) is 2.16. The second-order valence-corrected chi connectivity index (χ2v) is 3.44. The highest BCUT2D eigenvalue weighted by Gasteiger charge is 2.34. The molecule has 0 amide bonds. The Kier molecular flexibility index (Phi) is 3.25. The smallest absolute Gasteiger partial charge is 0.334 e. The van der Waals surface area contributed by atoms with Gasteiger partial charge in [-0.05, 0) is 19.9 Å². The third kappa shape index (κ3) is 2.12. The maximum atomic E-state index is 10.9. The van der Waals surface area contributed by atoms with Gasteiger partial charge in [0, 0.05) is 5.57 Å². The number of hydrogen-bond acceptors (Lipinski definition) is 5. The van der Waals surface area contributed by atoms with Crippen molar-refractivity contribution in [2.45, 2.75) is 38.3 Å². The highest BCUT2D eigenvalue weighted by molar-refractivity contribution is 5.90. The molecule has 0 aliphatic carbocycles. The third-order valence-corrected chi connectivity index (χ3v) is 2.16. The number of carbonyl (C=O) groups excluding carboxylic acids is 1. The lowest BCUT2D eigenvalue weighted by Crippen LogP contribution is -2.43. The van der Waals surface area contributed by atoms with Gasteiger partial charge in [0.05, 0.1) is 6.10 Å². The Bertz CT molecular complexity index is 258. The van der Waals surface area contributed by atoms with Crippen LogP contribution in [0.25, 0.3) is 0 Å².